The maximum absolute atomic E-state index is 6.36. The molecule has 1 aromatic rings. The fourth-order valence-corrected chi connectivity index (χ4v) is 2.65. The van der Waals surface area contributed by atoms with E-state index in [0.29, 0.717) is 6.79 Å². The maximum atomic E-state index is 6.36. The Morgan fingerprint density at radius 2 is 1.94 bits per heavy atom. The molecule has 17 heavy (non-hydrogen) atoms. The van der Waals surface area contributed by atoms with Gasteiger partial charge in [0.1, 0.15) is 0 Å². The second-order valence-corrected chi connectivity index (χ2v) is 5.21. The van der Waals surface area contributed by atoms with Gasteiger partial charge in [-0.1, -0.05) is 6.07 Å². The Kier molecular flexibility index (Phi) is 2.31. The van der Waals surface area contributed by atoms with Crippen molar-refractivity contribution in [1.82, 2.24) is 4.90 Å². The van der Waals surface area contributed by atoms with Crippen LogP contribution in [0.2, 0.25) is 0 Å². The van der Waals surface area contributed by atoms with E-state index in [1.165, 1.54) is 5.56 Å². The molecule has 2 N–H and O–H groups in total. The van der Waals surface area contributed by atoms with Gasteiger partial charge in [-0.05, 0) is 44.6 Å². The van der Waals surface area contributed by atoms with Crippen LogP contribution in [0, 0.1) is 0 Å². The average molecular weight is 234 g/mol. The standard InChI is InChI=1S/C13H18N2O2/c1-15(2)12(13(14)5-6-13)9-3-4-10-11(7-9)17-8-16-10/h3-4,7,12H,5-6,8,14H2,1-2H3. The Labute approximate surface area is 101 Å². The highest BCUT2D eigenvalue weighted by molar-refractivity contribution is 5.46. The predicted octanol–water partition coefficient (Wildman–Crippen LogP) is 1.51. The fourth-order valence-electron chi connectivity index (χ4n) is 2.65. The van der Waals surface area contributed by atoms with E-state index in [-0.39, 0.29) is 11.6 Å². The minimum Gasteiger partial charge on any atom is -0.454 e. The molecule has 1 atom stereocenters. The van der Waals surface area contributed by atoms with Crippen LogP contribution in [0.4, 0.5) is 0 Å². The molecule has 4 nitrogen and oxygen atoms in total. The molecule has 1 unspecified atom stereocenters. The number of ether oxygens (including phenoxy) is 2. The summed E-state index contributed by atoms with van der Waals surface area (Å²) in [6.07, 6.45) is 2.18. The van der Waals surface area contributed by atoms with Gasteiger partial charge in [-0.15, -0.1) is 0 Å². The first-order valence-corrected chi connectivity index (χ1v) is 5.95. The summed E-state index contributed by atoms with van der Waals surface area (Å²) in [4.78, 5) is 2.19. The van der Waals surface area contributed by atoms with Crippen molar-refractivity contribution in [2.24, 2.45) is 5.73 Å². The average Bonchev–Trinajstić information content (AvgIpc) is 2.84. The SMILES string of the molecule is CN(C)C(c1ccc2c(c1)OCO2)C1(N)CC1. The predicted molar refractivity (Wildman–Crippen MR) is 65.1 cm³/mol. The molecule has 0 bridgehead atoms. The lowest BCUT2D eigenvalue weighted by molar-refractivity contribution is 0.173. The third-order valence-corrected chi connectivity index (χ3v) is 3.60. The number of nitrogens with zero attached hydrogens (tertiary/aromatic N) is 1. The van der Waals surface area contributed by atoms with Crippen LogP contribution >= 0.6 is 0 Å². The molecule has 0 aromatic heterocycles. The molecule has 0 saturated heterocycles. The highest BCUT2D eigenvalue weighted by Crippen LogP contribution is 2.47. The van der Waals surface area contributed by atoms with Crippen molar-refractivity contribution in [2.45, 2.75) is 24.4 Å². The summed E-state index contributed by atoms with van der Waals surface area (Å²) in [5, 5.41) is 0. The van der Waals surface area contributed by atoms with Gasteiger partial charge in [0.2, 0.25) is 6.79 Å². The molecule has 1 fully saturated rings. The molecular formula is C13H18N2O2. The van der Waals surface area contributed by atoms with Crippen LogP contribution in [-0.4, -0.2) is 31.3 Å². The molecule has 4 heteroatoms. The van der Waals surface area contributed by atoms with Gasteiger partial charge in [0.05, 0.1) is 6.04 Å². The molecule has 1 aromatic carbocycles. The van der Waals surface area contributed by atoms with Gasteiger partial charge < -0.3 is 20.1 Å². The summed E-state index contributed by atoms with van der Waals surface area (Å²) < 4.78 is 10.7. The zero-order chi connectivity index (χ0) is 12.0. The van der Waals surface area contributed by atoms with Gasteiger partial charge >= 0.3 is 0 Å². The second-order valence-electron chi connectivity index (χ2n) is 5.21. The lowest BCUT2D eigenvalue weighted by Crippen LogP contribution is -2.39. The number of hydrogen-bond donors (Lipinski definition) is 1. The zero-order valence-electron chi connectivity index (χ0n) is 10.3. The highest BCUT2D eigenvalue weighted by Gasteiger charge is 2.47. The number of rotatable bonds is 3. The number of likely N-dealkylation sites (N-methyl/N-ethyl adjacent to an activating group) is 1. The van der Waals surface area contributed by atoms with Crippen molar-refractivity contribution in [3.8, 4) is 11.5 Å². The van der Waals surface area contributed by atoms with Gasteiger partial charge in [-0.3, -0.25) is 0 Å². The highest BCUT2D eigenvalue weighted by atomic mass is 16.7. The maximum Gasteiger partial charge on any atom is 0.231 e. The van der Waals surface area contributed by atoms with E-state index in [9.17, 15) is 0 Å². The molecule has 1 aliphatic carbocycles. The van der Waals surface area contributed by atoms with E-state index in [2.05, 4.69) is 31.1 Å². The summed E-state index contributed by atoms with van der Waals surface area (Å²) in [7, 11) is 4.14. The monoisotopic (exact) mass is 234 g/mol. The van der Waals surface area contributed by atoms with Gasteiger partial charge in [-0.2, -0.15) is 0 Å². The van der Waals surface area contributed by atoms with Crippen LogP contribution in [0.3, 0.4) is 0 Å². The van der Waals surface area contributed by atoms with Crippen LogP contribution in [-0.2, 0) is 0 Å². The number of fused-ring (bicyclic) bond motifs is 1. The lowest BCUT2D eigenvalue weighted by atomic mass is 9.96. The van der Waals surface area contributed by atoms with Gasteiger partial charge in [0.25, 0.3) is 0 Å². The van der Waals surface area contributed by atoms with Crippen LogP contribution < -0.4 is 15.2 Å². The quantitative estimate of drug-likeness (QED) is 0.861. The van der Waals surface area contributed by atoms with Crippen LogP contribution in [0.1, 0.15) is 24.4 Å². The van der Waals surface area contributed by atoms with E-state index in [0.717, 1.165) is 24.3 Å². The third kappa shape index (κ3) is 1.77. The summed E-state index contributed by atoms with van der Waals surface area (Å²) in [6.45, 7) is 0.319. The largest absolute Gasteiger partial charge is 0.454 e. The summed E-state index contributed by atoms with van der Waals surface area (Å²) in [5.41, 5.74) is 7.49. The molecule has 1 aliphatic heterocycles. The molecule has 2 aliphatic rings. The normalized spacial score (nSPS) is 21.6. The first kappa shape index (κ1) is 10.9. The van der Waals surface area contributed by atoms with Crippen molar-refractivity contribution in [2.75, 3.05) is 20.9 Å². The van der Waals surface area contributed by atoms with Crippen molar-refractivity contribution in [3.05, 3.63) is 23.8 Å². The Morgan fingerprint density at radius 3 is 2.59 bits per heavy atom. The van der Waals surface area contributed by atoms with Gasteiger partial charge in [0.15, 0.2) is 11.5 Å². The Hall–Kier alpha value is -1.26. The van der Waals surface area contributed by atoms with E-state index >= 15 is 0 Å². The smallest absolute Gasteiger partial charge is 0.231 e. The second kappa shape index (κ2) is 3.62. The first-order chi connectivity index (χ1) is 8.10. The molecule has 1 saturated carbocycles. The minimum atomic E-state index is -0.0722. The van der Waals surface area contributed by atoms with Crippen LogP contribution in [0.5, 0.6) is 11.5 Å². The third-order valence-electron chi connectivity index (χ3n) is 3.60. The van der Waals surface area contributed by atoms with Crippen molar-refractivity contribution in [1.29, 1.82) is 0 Å². The molecule has 92 valence electrons. The van der Waals surface area contributed by atoms with E-state index < -0.39 is 0 Å². The van der Waals surface area contributed by atoms with E-state index in [1.54, 1.807) is 0 Å². The molecule has 0 amide bonds. The molecule has 3 rings (SSSR count). The number of hydrogen-bond acceptors (Lipinski definition) is 4. The van der Waals surface area contributed by atoms with Gasteiger partial charge in [0, 0.05) is 5.54 Å². The Balaban J connectivity index is 1.96. The van der Waals surface area contributed by atoms with E-state index in [4.69, 9.17) is 15.2 Å². The van der Waals surface area contributed by atoms with Crippen molar-refractivity contribution < 1.29 is 9.47 Å². The molecule has 1 heterocycles. The summed E-state index contributed by atoms with van der Waals surface area (Å²) in [5.74, 6) is 1.66. The van der Waals surface area contributed by atoms with Crippen molar-refractivity contribution >= 4 is 0 Å². The Morgan fingerprint density at radius 1 is 1.24 bits per heavy atom. The minimum absolute atomic E-state index is 0.0722. The molecular weight excluding hydrogens is 216 g/mol. The first-order valence-electron chi connectivity index (χ1n) is 5.95. The van der Waals surface area contributed by atoms with E-state index in [1.807, 2.05) is 6.07 Å². The van der Waals surface area contributed by atoms with Crippen LogP contribution in [0.25, 0.3) is 0 Å². The zero-order valence-corrected chi connectivity index (χ0v) is 10.3. The molecule has 0 spiro atoms. The number of benzene rings is 1. The summed E-state index contributed by atoms with van der Waals surface area (Å²) in [6, 6.07) is 6.36. The van der Waals surface area contributed by atoms with Crippen molar-refractivity contribution in [3.63, 3.8) is 0 Å². The molecule has 0 radical (unpaired) electrons. The topological polar surface area (TPSA) is 47.7 Å². The fraction of sp³-hybridized carbons (Fsp3) is 0.538. The van der Waals surface area contributed by atoms with Crippen LogP contribution in [0.15, 0.2) is 18.2 Å². The van der Waals surface area contributed by atoms with Gasteiger partial charge in [-0.25, -0.2) is 0 Å². The summed E-state index contributed by atoms with van der Waals surface area (Å²) >= 11 is 0. The number of nitrogens with two attached hydrogens (primary N) is 1. The lowest BCUT2D eigenvalue weighted by Gasteiger charge is -2.30. The Bertz CT molecular complexity index is 441.